The molecule has 0 aromatic heterocycles. The Bertz CT molecular complexity index is 269. The molecule has 3 atom stereocenters. The molecular weight excluding hydrogens is 238 g/mol. The second kappa shape index (κ2) is 7.05. The molecule has 1 heterocycles. The van der Waals surface area contributed by atoms with E-state index in [4.69, 9.17) is 5.11 Å². The van der Waals surface area contributed by atoms with Gasteiger partial charge in [-0.3, -0.25) is 0 Å². The first-order chi connectivity index (χ1) is 9.17. The fraction of sp³-hybridized carbons (Fsp3) is 1.00. The second-order valence-electron chi connectivity index (χ2n) is 7.12. The van der Waals surface area contributed by atoms with Crippen LogP contribution in [-0.2, 0) is 0 Å². The van der Waals surface area contributed by atoms with Crippen LogP contribution in [0.25, 0.3) is 0 Å². The average Bonchev–Trinajstić information content (AvgIpc) is 2.39. The Kier molecular flexibility index (Phi) is 5.67. The van der Waals surface area contributed by atoms with Gasteiger partial charge in [-0.2, -0.15) is 0 Å². The quantitative estimate of drug-likeness (QED) is 0.804. The van der Waals surface area contributed by atoms with E-state index in [0.717, 1.165) is 25.4 Å². The summed E-state index contributed by atoms with van der Waals surface area (Å²) in [5.74, 6) is 1.43. The van der Waals surface area contributed by atoms with E-state index >= 15 is 0 Å². The fourth-order valence-electron chi connectivity index (χ4n) is 4.29. The Morgan fingerprint density at radius 3 is 2.74 bits per heavy atom. The third-order valence-corrected chi connectivity index (χ3v) is 5.22. The first-order valence-corrected chi connectivity index (χ1v) is 8.11. The van der Waals surface area contributed by atoms with Crippen molar-refractivity contribution in [1.82, 2.24) is 4.90 Å². The Hall–Kier alpha value is -0.120. The van der Waals surface area contributed by atoms with E-state index in [1.54, 1.807) is 0 Å². The molecule has 1 saturated carbocycles. The van der Waals surface area contributed by atoms with Crippen molar-refractivity contribution < 1.29 is 10.2 Å². The number of hydrogen-bond acceptors (Lipinski definition) is 3. The van der Waals surface area contributed by atoms with Crippen LogP contribution in [0.15, 0.2) is 0 Å². The van der Waals surface area contributed by atoms with E-state index in [9.17, 15) is 5.11 Å². The Balaban J connectivity index is 1.90. The fourth-order valence-corrected chi connectivity index (χ4v) is 4.29. The van der Waals surface area contributed by atoms with Crippen molar-refractivity contribution in [3.05, 3.63) is 0 Å². The molecule has 2 aliphatic rings. The minimum atomic E-state index is 0.152. The van der Waals surface area contributed by atoms with Crippen LogP contribution in [-0.4, -0.2) is 48.0 Å². The normalized spacial score (nSPS) is 37.4. The van der Waals surface area contributed by atoms with Crippen molar-refractivity contribution in [3.63, 3.8) is 0 Å². The molecule has 0 bridgehead atoms. The molecule has 112 valence electrons. The Labute approximate surface area is 118 Å². The molecule has 2 rings (SSSR count). The number of hydrogen-bond donors (Lipinski definition) is 2. The molecule has 19 heavy (non-hydrogen) atoms. The molecule has 3 unspecified atom stereocenters. The summed E-state index contributed by atoms with van der Waals surface area (Å²) in [6, 6.07) is 0. The summed E-state index contributed by atoms with van der Waals surface area (Å²) in [6.45, 7) is 6.36. The minimum absolute atomic E-state index is 0.152. The maximum absolute atomic E-state index is 9.89. The van der Waals surface area contributed by atoms with E-state index in [2.05, 4.69) is 11.8 Å². The molecule has 0 aromatic carbocycles. The molecule has 0 amide bonds. The van der Waals surface area contributed by atoms with Gasteiger partial charge >= 0.3 is 0 Å². The molecule has 1 aliphatic carbocycles. The Morgan fingerprint density at radius 2 is 2.05 bits per heavy atom. The van der Waals surface area contributed by atoms with Crippen molar-refractivity contribution in [2.24, 2.45) is 17.3 Å². The van der Waals surface area contributed by atoms with Crippen LogP contribution in [0.5, 0.6) is 0 Å². The highest BCUT2D eigenvalue weighted by Gasteiger charge is 2.36. The van der Waals surface area contributed by atoms with E-state index in [0.29, 0.717) is 19.1 Å². The van der Waals surface area contributed by atoms with Crippen LogP contribution in [0.2, 0.25) is 0 Å². The number of rotatable bonds is 5. The SMILES string of the molecule is CC1CCCC(CO)(CN2CCCC(CCO)C2)C1. The average molecular weight is 269 g/mol. The summed E-state index contributed by atoms with van der Waals surface area (Å²) in [5.41, 5.74) is 0.152. The standard InChI is InChI=1S/C16H31NO2/c1-14-4-2-7-16(10-14,13-19)12-17-8-3-5-15(11-17)6-9-18/h14-15,18-19H,2-13H2,1H3. The minimum Gasteiger partial charge on any atom is -0.396 e. The van der Waals surface area contributed by atoms with Crippen molar-refractivity contribution in [2.45, 2.75) is 51.9 Å². The number of nitrogens with zero attached hydrogens (tertiary/aromatic N) is 1. The second-order valence-corrected chi connectivity index (χ2v) is 7.12. The third-order valence-electron chi connectivity index (χ3n) is 5.22. The summed E-state index contributed by atoms with van der Waals surface area (Å²) < 4.78 is 0. The topological polar surface area (TPSA) is 43.7 Å². The smallest absolute Gasteiger partial charge is 0.0499 e. The zero-order chi connectivity index (χ0) is 13.7. The number of likely N-dealkylation sites (tertiary alicyclic amines) is 1. The van der Waals surface area contributed by atoms with Gasteiger partial charge in [0.05, 0.1) is 0 Å². The van der Waals surface area contributed by atoms with Crippen LogP contribution >= 0.6 is 0 Å². The molecule has 2 fully saturated rings. The molecule has 0 aromatic rings. The zero-order valence-corrected chi connectivity index (χ0v) is 12.5. The van der Waals surface area contributed by atoms with Crippen molar-refractivity contribution in [1.29, 1.82) is 0 Å². The van der Waals surface area contributed by atoms with Crippen molar-refractivity contribution in [2.75, 3.05) is 32.8 Å². The summed E-state index contributed by atoms with van der Waals surface area (Å²) in [4.78, 5) is 2.55. The maximum atomic E-state index is 9.89. The lowest BCUT2D eigenvalue weighted by Crippen LogP contribution is -2.46. The van der Waals surface area contributed by atoms with Gasteiger partial charge in [0.15, 0.2) is 0 Å². The lowest BCUT2D eigenvalue weighted by molar-refractivity contribution is 0.00973. The summed E-state index contributed by atoms with van der Waals surface area (Å²) in [7, 11) is 0. The maximum Gasteiger partial charge on any atom is 0.0499 e. The Morgan fingerprint density at radius 1 is 1.21 bits per heavy atom. The van der Waals surface area contributed by atoms with Crippen LogP contribution < -0.4 is 0 Å². The van der Waals surface area contributed by atoms with Gasteiger partial charge in [-0.05, 0) is 50.5 Å². The number of piperidine rings is 1. The van der Waals surface area contributed by atoms with Gasteiger partial charge in [0, 0.05) is 31.7 Å². The first kappa shape index (κ1) is 15.3. The lowest BCUT2D eigenvalue weighted by atomic mass is 9.70. The van der Waals surface area contributed by atoms with Gasteiger partial charge in [0.1, 0.15) is 0 Å². The van der Waals surface area contributed by atoms with Crippen LogP contribution in [0.3, 0.4) is 0 Å². The van der Waals surface area contributed by atoms with Gasteiger partial charge in [-0.25, -0.2) is 0 Å². The monoisotopic (exact) mass is 269 g/mol. The highest BCUT2D eigenvalue weighted by atomic mass is 16.3. The molecule has 3 nitrogen and oxygen atoms in total. The van der Waals surface area contributed by atoms with Crippen LogP contribution in [0.4, 0.5) is 0 Å². The summed E-state index contributed by atoms with van der Waals surface area (Å²) >= 11 is 0. The van der Waals surface area contributed by atoms with Crippen LogP contribution in [0, 0.1) is 17.3 Å². The lowest BCUT2D eigenvalue weighted by Gasteiger charge is -2.44. The number of aliphatic hydroxyl groups is 2. The van der Waals surface area contributed by atoms with Gasteiger partial charge in [-0.1, -0.05) is 19.8 Å². The zero-order valence-electron chi connectivity index (χ0n) is 12.5. The van der Waals surface area contributed by atoms with Gasteiger partial charge in [0.25, 0.3) is 0 Å². The largest absolute Gasteiger partial charge is 0.396 e. The van der Waals surface area contributed by atoms with E-state index in [1.165, 1.54) is 45.1 Å². The predicted molar refractivity (Wildman–Crippen MR) is 78.0 cm³/mol. The highest BCUT2D eigenvalue weighted by Crippen LogP contribution is 2.40. The number of aliphatic hydroxyl groups excluding tert-OH is 2. The molecule has 1 saturated heterocycles. The van der Waals surface area contributed by atoms with E-state index in [-0.39, 0.29) is 5.41 Å². The predicted octanol–water partition coefficient (Wildman–Crippen LogP) is 2.27. The summed E-state index contributed by atoms with van der Waals surface area (Å²) in [6.07, 6.45) is 8.44. The van der Waals surface area contributed by atoms with Gasteiger partial charge < -0.3 is 15.1 Å². The van der Waals surface area contributed by atoms with Crippen molar-refractivity contribution >= 4 is 0 Å². The van der Waals surface area contributed by atoms with Crippen molar-refractivity contribution in [3.8, 4) is 0 Å². The highest BCUT2D eigenvalue weighted by molar-refractivity contribution is 4.89. The summed E-state index contributed by atoms with van der Waals surface area (Å²) in [5, 5.41) is 19.0. The van der Waals surface area contributed by atoms with E-state index < -0.39 is 0 Å². The molecule has 0 spiro atoms. The van der Waals surface area contributed by atoms with Gasteiger partial charge in [0.2, 0.25) is 0 Å². The molecule has 0 radical (unpaired) electrons. The van der Waals surface area contributed by atoms with E-state index in [1.807, 2.05) is 0 Å². The molecule has 1 aliphatic heterocycles. The van der Waals surface area contributed by atoms with Crippen LogP contribution in [0.1, 0.15) is 51.9 Å². The molecular formula is C16H31NO2. The first-order valence-electron chi connectivity index (χ1n) is 8.11. The molecule has 3 heteroatoms. The van der Waals surface area contributed by atoms with Gasteiger partial charge in [-0.15, -0.1) is 0 Å². The third kappa shape index (κ3) is 4.17. The molecule has 2 N–H and O–H groups in total.